The molecule has 0 unspecified atom stereocenters. The van der Waals surface area contributed by atoms with Crippen LogP contribution in [0.2, 0.25) is 0 Å². The van der Waals surface area contributed by atoms with Crippen LogP contribution in [-0.4, -0.2) is 111 Å². The summed E-state index contributed by atoms with van der Waals surface area (Å²) in [6.07, 6.45) is 7.26. The van der Waals surface area contributed by atoms with Gasteiger partial charge in [0.15, 0.2) is 0 Å². The Labute approximate surface area is 430 Å². The van der Waals surface area contributed by atoms with Crippen molar-refractivity contribution in [3.63, 3.8) is 0 Å². The van der Waals surface area contributed by atoms with E-state index in [4.69, 9.17) is 4.74 Å². The summed E-state index contributed by atoms with van der Waals surface area (Å²) in [6.45, 7) is 12.3. The summed E-state index contributed by atoms with van der Waals surface area (Å²) in [6, 6.07) is 0. The van der Waals surface area contributed by atoms with Crippen molar-refractivity contribution in [2.24, 2.45) is 0 Å². The van der Waals surface area contributed by atoms with Crippen molar-refractivity contribution in [1.82, 2.24) is 22.6 Å². The van der Waals surface area contributed by atoms with E-state index >= 15 is 22.4 Å². The van der Waals surface area contributed by atoms with E-state index in [1.54, 1.807) is 0 Å². The second-order valence-corrected chi connectivity index (χ2v) is 27.8. The molecule has 17 nitrogen and oxygen atoms in total. The van der Waals surface area contributed by atoms with Crippen molar-refractivity contribution in [2.45, 2.75) is 239 Å². The summed E-state index contributed by atoms with van der Waals surface area (Å²) in [7, 11) is -32.1. The van der Waals surface area contributed by atoms with Gasteiger partial charge < -0.3 is 4.74 Å². The molecule has 0 N–H and O–H groups in total. The Kier molecular flexibility index (Phi) is 34.9. The molecule has 0 aliphatic heterocycles. The van der Waals surface area contributed by atoms with Crippen molar-refractivity contribution in [3.8, 4) is 0 Å². The predicted molar refractivity (Wildman–Crippen MR) is 272 cm³/mol. The molecule has 0 heterocycles. The Bertz CT molecular complexity index is 1920. The van der Waals surface area contributed by atoms with Crippen molar-refractivity contribution >= 4 is 56.1 Å². The average molecular weight is 1150 g/mol. The lowest BCUT2D eigenvalue weighted by molar-refractivity contribution is -0.409. The minimum Gasteiger partial charge on any atom is -0.415 e. The second-order valence-electron chi connectivity index (χ2n) is 18.4. The number of carbonyl (C=O) groups is 1. The highest BCUT2D eigenvalue weighted by molar-refractivity contribution is 7.91. The first kappa shape index (κ1) is 70.4. The number of nitrogens with zero attached hydrogens (tertiary/aromatic N) is 5. The Morgan fingerprint density at radius 1 is 0.361 bits per heavy atom. The van der Waals surface area contributed by atoms with E-state index in [9.17, 15) is 46.9 Å². The molecule has 0 spiro atoms. The van der Waals surface area contributed by atoms with Crippen LogP contribution >= 0.6 is 0 Å². The van der Waals surface area contributed by atoms with Crippen LogP contribution in [0.25, 0.3) is 0 Å². The van der Waals surface area contributed by atoms with Crippen LogP contribution in [0.1, 0.15) is 227 Å². The van der Waals surface area contributed by atoms with Crippen molar-refractivity contribution in [3.05, 3.63) is 12.7 Å². The highest BCUT2D eigenvalue weighted by Gasteiger charge is 2.85. The number of carbonyl (C=O) groups excluding carboxylic acids is 1. The molecule has 0 radical (unpaired) electrons. The summed E-state index contributed by atoms with van der Waals surface area (Å²) in [5.74, 6) is -23.0. The number of sulfonamides is 5. The normalized spacial score (nSPS) is 13.6. The molecule has 0 aliphatic carbocycles. The fraction of sp³-hybridized carbons (Fsp3) is 0.933. The molecule has 0 bridgehead atoms. The molecular formula is C45H88F5N5O12S5. The number of halogens is 5. The number of hydrogen-bond donors (Lipinski definition) is 0. The average Bonchev–Trinajstić information content (AvgIpc) is 3.33. The minimum atomic E-state index is -6.45. The van der Waals surface area contributed by atoms with Gasteiger partial charge >= 0.3 is 17.6 Å². The number of rotatable bonds is 48. The smallest absolute Gasteiger partial charge is 0.362 e. The van der Waals surface area contributed by atoms with E-state index in [0.717, 1.165) is 12.8 Å². The first-order valence-corrected chi connectivity index (χ1v) is 34.1. The molecular weight excluding hydrogens is 1060 g/mol. The minimum absolute atomic E-state index is 0.0566. The SMILES string of the molecule is C=CC(=O)OC(N(F)S(=O)(=O)CCCCCCCC)(N(F)S(=O)(=O)CCCCCCCC)C(N(F)S(=O)(=O)CCCCCCCC)(N(F)S(=O)(=O)CCCCCCCC)N(F)S(=O)(=O)CCCCCCCC. The molecule has 0 saturated heterocycles. The van der Waals surface area contributed by atoms with Gasteiger partial charge in [-0.15, -0.1) is 22.4 Å². The third-order valence-electron chi connectivity index (χ3n) is 12.1. The van der Waals surface area contributed by atoms with E-state index in [1.807, 2.05) is 34.6 Å². The Morgan fingerprint density at radius 3 is 0.736 bits per heavy atom. The third kappa shape index (κ3) is 21.8. The number of ether oxygens (including phenoxy) is 1. The van der Waals surface area contributed by atoms with E-state index in [1.165, 1.54) is 0 Å². The lowest BCUT2D eigenvalue weighted by atomic mass is 10.1. The van der Waals surface area contributed by atoms with Gasteiger partial charge in [0, 0.05) is 28.7 Å². The summed E-state index contributed by atoms with van der Waals surface area (Å²) in [4.78, 5) is 13.6. The van der Waals surface area contributed by atoms with Crippen molar-refractivity contribution in [2.75, 3.05) is 28.8 Å². The van der Waals surface area contributed by atoms with Crippen LogP contribution in [-0.2, 0) is 59.6 Å². The Balaban J connectivity index is 9.31. The van der Waals surface area contributed by atoms with E-state index in [0.29, 0.717) is 83.5 Å². The fourth-order valence-corrected chi connectivity index (χ4v) is 14.9. The maximum absolute atomic E-state index is 18.3. The first-order valence-electron chi connectivity index (χ1n) is 26.1. The van der Waals surface area contributed by atoms with Gasteiger partial charge in [-0.05, 0) is 32.1 Å². The van der Waals surface area contributed by atoms with Gasteiger partial charge in [-0.2, -0.15) is 0 Å². The topological polar surface area (TPSA) is 213 Å². The van der Waals surface area contributed by atoms with Crippen LogP contribution in [0, 0.1) is 0 Å². The Morgan fingerprint density at radius 2 is 0.542 bits per heavy atom. The Hall–Kier alpha value is -1.59. The predicted octanol–water partition coefficient (Wildman–Crippen LogP) is 11.4. The van der Waals surface area contributed by atoms with Crippen LogP contribution in [0.15, 0.2) is 12.7 Å². The van der Waals surface area contributed by atoms with Crippen molar-refractivity contribution in [1.29, 1.82) is 0 Å². The summed E-state index contributed by atoms with van der Waals surface area (Å²) >= 11 is 0. The van der Waals surface area contributed by atoms with Gasteiger partial charge in [0.25, 0.3) is 0 Å². The van der Waals surface area contributed by atoms with Gasteiger partial charge in [-0.1, -0.05) is 202 Å². The van der Waals surface area contributed by atoms with Crippen molar-refractivity contribution < 1.29 is 74.0 Å². The molecule has 0 amide bonds. The summed E-state index contributed by atoms with van der Waals surface area (Å²) < 4.78 is 229. The van der Waals surface area contributed by atoms with Gasteiger partial charge in [0.1, 0.15) is 0 Å². The number of esters is 1. The molecule has 72 heavy (non-hydrogen) atoms. The van der Waals surface area contributed by atoms with Gasteiger partial charge in [0.2, 0.25) is 50.1 Å². The monoisotopic (exact) mass is 1150 g/mol. The van der Waals surface area contributed by atoms with E-state index < -0.39 is 151 Å². The molecule has 0 fully saturated rings. The fourth-order valence-electron chi connectivity index (χ4n) is 7.83. The quantitative estimate of drug-likeness (QED) is 0.0139. The van der Waals surface area contributed by atoms with Crippen LogP contribution in [0.5, 0.6) is 0 Å². The molecule has 0 aromatic heterocycles. The van der Waals surface area contributed by atoms with Crippen LogP contribution in [0.4, 0.5) is 22.4 Å². The molecule has 0 aromatic rings. The molecule has 0 atom stereocenters. The maximum Gasteiger partial charge on any atom is 0.362 e. The molecule has 0 aliphatic rings. The highest BCUT2D eigenvalue weighted by atomic mass is 32.2. The molecule has 0 saturated carbocycles. The van der Waals surface area contributed by atoms with Gasteiger partial charge in [0.05, 0.1) is 28.8 Å². The molecule has 430 valence electrons. The summed E-state index contributed by atoms with van der Waals surface area (Å²) in [5.41, 5.74) is 0. The molecule has 27 heteroatoms. The van der Waals surface area contributed by atoms with Crippen LogP contribution in [0.3, 0.4) is 0 Å². The lowest BCUT2D eigenvalue weighted by Gasteiger charge is -2.52. The molecule has 0 aromatic carbocycles. The molecule has 0 rings (SSSR count). The zero-order valence-electron chi connectivity index (χ0n) is 43.6. The number of hydrogen-bond acceptors (Lipinski definition) is 12. The zero-order chi connectivity index (χ0) is 55.1. The van der Waals surface area contributed by atoms with Gasteiger partial charge in [-0.25, -0.2) is 46.9 Å². The van der Waals surface area contributed by atoms with Gasteiger partial charge in [-0.3, -0.25) is 0 Å². The van der Waals surface area contributed by atoms with E-state index in [2.05, 4.69) is 6.58 Å². The lowest BCUT2D eigenvalue weighted by Crippen LogP contribution is -2.86. The van der Waals surface area contributed by atoms with Crippen LogP contribution < -0.4 is 0 Å². The highest BCUT2D eigenvalue weighted by Crippen LogP contribution is 2.51. The zero-order valence-corrected chi connectivity index (χ0v) is 47.7. The summed E-state index contributed by atoms with van der Waals surface area (Å²) in [5, 5.41) is 0. The number of unbranched alkanes of at least 4 members (excludes halogenated alkanes) is 25. The standard InChI is InChI=1S/C45H88F5N5O12S5/c1-7-13-18-23-28-33-38-68(57,58)51(46)44(52(47)69(59,60)39-34-29-24-19-14-8-2,53(48)70(61,62)40-35-30-25-20-15-9-3)45(67-43(56)12-6,54(49)71(63,64)41-36-31-26-21-16-10-4)55(50)72(65,66)42-37-32-27-22-17-11-5/h12H,6-11,13-42H2,1-5H3. The maximum atomic E-state index is 18.3. The third-order valence-corrected chi connectivity index (χ3v) is 19.8. The van der Waals surface area contributed by atoms with E-state index in [-0.39, 0.29) is 70.3 Å². The largest absolute Gasteiger partial charge is 0.415 e. The second kappa shape index (κ2) is 35.7. The first-order chi connectivity index (χ1) is 33.8.